The van der Waals surface area contributed by atoms with E-state index in [0.717, 1.165) is 43.7 Å². The Balaban J connectivity index is 0.00000300. The summed E-state index contributed by atoms with van der Waals surface area (Å²) in [6.07, 6.45) is 4.07. The predicted molar refractivity (Wildman–Crippen MR) is 126 cm³/mol. The van der Waals surface area contributed by atoms with Crippen LogP contribution in [-0.4, -0.2) is 58.9 Å². The molecule has 2 aromatic rings. The Morgan fingerprint density at radius 1 is 1.21 bits per heavy atom. The lowest BCUT2D eigenvalue weighted by atomic mass is 10.1. The zero-order chi connectivity index (χ0) is 19.8. The average Bonchev–Trinajstić information content (AvgIpc) is 3.39. The van der Waals surface area contributed by atoms with Gasteiger partial charge >= 0.3 is 0 Å². The van der Waals surface area contributed by atoms with E-state index in [4.69, 9.17) is 4.74 Å². The SMILES string of the molecule is CCNC(=NCc1ncnn1C)NCC(c1ccc(OC)cc1)N1CCCC1.I. The van der Waals surface area contributed by atoms with Gasteiger partial charge in [0.05, 0.1) is 13.2 Å². The largest absolute Gasteiger partial charge is 0.497 e. The fourth-order valence-corrected chi connectivity index (χ4v) is 3.49. The molecule has 1 fully saturated rings. The van der Waals surface area contributed by atoms with E-state index in [1.54, 1.807) is 18.1 Å². The second-order valence-corrected chi connectivity index (χ2v) is 6.91. The topological polar surface area (TPSA) is 79.6 Å². The standard InChI is InChI=1S/C20H31N7O.HI/c1-4-21-20(23-14-19-24-15-25-26(19)2)22-13-18(27-11-5-6-12-27)16-7-9-17(28-3)10-8-16;/h7-10,15,18H,4-6,11-14H2,1-3H3,(H2,21,22,23);1H. The Labute approximate surface area is 190 Å². The maximum Gasteiger partial charge on any atom is 0.191 e. The molecule has 0 aliphatic carbocycles. The molecule has 1 aliphatic rings. The van der Waals surface area contributed by atoms with Gasteiger partial charge in [-0.1, -0.05) is 12.1 Å². The number of nitrogens with one attached hydrogen (secondary N) is 2. The Bertz CT molecular complexity index is 756. The van der Waals surface area contributed by atoms with E-state index in [9.17, 15) is 0 Å². The van der Waals surface area contributed by atoms with Crippen molar-refractivity contribution in [2.45, 2.75) is 32.4 Å². The maximum atomic E-state index is 5.31. The van der Waals surface area contributed by atoms with Crippen LogP contribution in [0.15, 0.2) is 35.6 Å². The normalized spacial score (nSPS) is 15.6. The number of benzene rings is 1. The summed E-state index contributed by atoms with van der Waals surface area (Å²) < 4.78 is 7.06. The first-order valence-electron chi connectivity index (χ1n) is 9.94. The first kappa shape index (κ1) is 23.4. The lowest BCUT2D eigenvalue weighted by Crippen LogP contribution is -2.42. The van der Waals surface area contributed by atoms with Crippen LogP contribution in [0.2, 0.25) is 0 Å². The molecule has 8 nitrogen and oxygen atoms in total. The van der Waals surface area contributed by atoms with Gasteiger partial charge in [0.1, 0.15) is 24.4 Å². The minimum atomic E-state index is 0. The second kappa shape index (κ2) is 12.0. The number of rotatable bonds is 8. The summed E-state index contributed by atoms with van der Waals surface area (Å²) in [4.78, 5) is 11.5. The Kier molecular flexibility index (Phi) is 9.65. The molecule has 1 saturated heterocycles. The van der Waals surface area contributed by atoms with Gasteiger partial charge in [-0.2, -0.15) is 5.10 Å². The molecule has 1 aliphatic heterocycles. The molecule has 0 bridgehead atoms. The van der Waals surface area contributed by atoms with E-state index in [-0.39, 0.29) is 24.0 Å². The summed E-state index contributed by atoms with van der Waals surface area (Å²) in [6.45, 7) is 6.41. The molecule has 9 heteroatoms. The first-order chi connectivity index (χ1) is 13.7. The Hall–Kier alpha value is -1.88. The van der Waals surface area contributed by atoms with Gasteiger partial charge in [-0.3, -0.25) is 9.58 Å². The molecule has 0 amide bonds. The van der Waals surface area contributed by atoms with Crippen LogP contribution in [0.25, 0.3) is 0 Å². The van der Waals surface area contributed by atoms with E-state index >= 15 is 0 Å². The Morgan fingerprint density at radius 2 is 1.93 bits per heavy atom. The predicted octanol–water partition coefficient (Wildman–Crippen LogP) is 2.33. The lowest BCUT2D eigenvalue weighted by molar-refractivity contribution is 0.245. The molecule has 0 saturated carbocycles. The number of methoxy groups -OCH3 is 1. The zero-order valence-corrected chi connectivity index (χ0v) is 19.8. The summed E-state index contributed by atoms with van der Waals surface area (Å²) in [7, 11) is 3.58. The number of halogens is 1. The van der Waals surface area contributed by atoms with Gasteiger partial charge in [-0.15, -0.1) is 24.0 Å². The average molecular weight is 513 g/mol. The quantitative estimate of drug-likeness (QED) is 0.321. The molecule has 2 N–H and O–H groups in total. The third kappa shape index (κ3) is 6.56. The molecular formula is C20H32IN7O. The molecule has 0 spiro atoms. The number of aryl methyl sites for hydroxylation is 1. The minimum absolute atomic E-state index is 0. The van der Waals surface area contributed by atoms with Gasteiger partial charge in [0, 0.05) is 20.1 Å². The van der Waals surface area contributed by atoms with Crippen molar-refractivity contribution in [1.82, 2.24) is 30.3 Å². The van der Waals surface area contributed by atoms with Crippen LogP contribution in [0.1, 0.15) is 37.2 Å². The monoisotopic (exact) mass is 513 g/mol. The highest BCUT2D eigenvalue weighted by atomic mass is 127. The van der Waals surface area contributed by atoms with Gasteiger partial charge in [-0.25, -0.2) is 9.98 Å². The first-order valence-corrected chi connectivity index (χ1v) is 9.94. The fourth-order valence-electron chi connectivity index (χ4n) is 3.49. The molecule has 3 rings (SSSR count). The number of aromatic nitrogens is 3. The van der Waals surface area contributed by atoms with E-state index in [2.05, 4.69) is 49.7 Å². The third-order valence-corrected chi connectivity index (χ3v) is 5.07. The summed E-state index contributed by atoms with van der Waals surface area (Å²) in [5.74, 6) is 2.52. The number of likely N-dealkylation sites (tertiary alicyclic amines) is 1. The van der Waals surface area contributed by atoms with Crippen LogP contribution in [-0.2, 0) is 13.6 Å². The number of aliphatic imine (C=N–C) groups is 1. The van der Waals surface area contributed by atoms with Gasteiger partial charge in [-0.05, 0) is 50.6 Å². The molecule has 1 atom stereocenters. The fraction of sp³-hybridized carbons (Fsp3) is 0.550. The molecule has 1 aromatic heterocycles. The summed E-state index contributed by atoms with van der Waals surface area (Å²) in [6, 6.07) is 8.68. The third-order valence-electron chi connectivity index (χ3n) is 5.07. The zero-order valence-electron chi connectivity index (χ0n) is 17.5. The van der Waals surface area contributed by atoms with E-state index in [1.165, 1.54) is 18.4 Å². The Morgan fingerprint density at radius 3 is 2.52 bits per heavy atom. The van der Waals surface area contributed by atoms with Gasteiger partial charge in [0.2, 0.25) is 0 Å². The molecule has 2 heterocycles. The minimum Gasteiger partial charge on any atom is -0.497 e. The number of nitrogens with zero attached hydrogens (tertiary/aromatic N) is 5. The van der Waals surface area contributed by atoms with Crippen molar-refractivity contribution in [3.63, 3.8) is 0 Å². The molecule has 0 radical (unpaired) electrons. The van der Waals surface area contributed by atoms with Crippen LogP contribution in [0.5, 0.6) is 5.75 Å². The van der Waals surface area contributed by atoms with Gasteiger partial charge in [0.25, 0.3) is 0 Å². The van der Waals surface area contributed by atoms with Crippen molar-refractivity contribution < 1.29 is 4.74 Å². The van der Waals surface area contributed by atoms with E-state index in [0.29, 0.717) is 12.6 Å². The van der Waals surface area contributed by atoms with Crippen molar-refractivity contribution in [2.24, 2.45) is 12.0 Å². The molecule has 1 unspecified atom stereocenters. The van der Waals surface area contributed by atoms with Crippen molar-refractivity contribution in [2.75, 3.05) is 33.3 Å². The van der Waals surface area contributed by atoms with Crippen LogP contribution < -0.4 is 15.4 Å². The number of ether oxygens (including phenoxy) is 1. The molecule has 29 heavy (non-hydrogen) atoms. The summed E-state index contributed by atoms with van der Waals surface area (Å²) in [5.41, 5.74) is 1.29. The van der Waals surface area contributed by atoms with Crippen molar-refractivity contribution in [3.05, 3.63) is 42.0 Å². The van der Waals surface area contributed by atoms with Crippen LogP contribution >= 0.6 is 24.0 Å². The molecule has 1 aromatic carbocycles. The van der Waals surface area contributed by atoms with Crippen molar-refractivity contribution >= 4 is 29.9 Å². The summed E-state index contributed by atoms with van der Waals surface area (Å²) >= 11 is 0. The van der Waals surface area contributed by atoms with Crippen molar-refractivity contribution in [1.29, 1.82) is 0 Å². The number of hydrogen-bond donors (Lipinski definition) is 2. The van der Waals surface area contributed by atoms with E-state index < -0.39 is 0 Å². The number of hydrogen-bond acceptors (Lipinski definition) is 5. The maximum absolute atomic E-state index is 5.31. The van der Waals surface area contributed by atoms with E-state index in [1.807, 2.05) is 19.2 Å². The van der Waals surface area contributed by atoms with Crippen molar-refractivity contribution in [3.8, 4) is 5.75 Å². The van der Waals surface area contributed by atoms with Crippen LogP contribution in [0.4, 0.5) is 0 Å². The highest BCUT2D eigenvalue weighted by Gasteiger charge is 2.23. The molecule has 160 valence electrons. The van der Waals surface area contributed by atoms with Crippen LogP contribution in [0.3, 0.4) is 0 Å². The lowest BCUT2D eigenvalue weighted by Gasteiger charge is -2.29. The molecular weight excluding hydrogens is 481 g/mol. The highest BCUT2D eigenvalue weighted by molar-refractivity contribution is 14.0. The second-order valence-electron chi connectivity index (χ2n) is 6.91. The van der Waals surface area contributed by atoms with Gasteiger partial charge in [0.15, 0.2) is 5.96 Å². The van der Waals surface area contributed by atoms with Gasteiger partial charge < -0.3 is 15.4 Å². The smallest absolute Gasteiger partial charge is 0.191 e. The number of guanidine groups is 1. The van der Waals surface area contributed by atoms with Crippen LogP contribution in [0, 0.1) is 0 Å². The highest BCUT2D eigenvalue weighted by Crippen LogP contribution is 2.26. The summed E-state index contributed by atoms with van der Waals surface area (Å²) in [5, 5.41) is 10.9.